The maximum Gasteiger partial charge on any atom is 0.326 e. The zero-order valence-corrected chi connectivity index (χ0v) is 14.5. The molecule has 1 atom stereocenters. The average Bonchev–Trinajstić information content (AvgIpc) is 3.34. The summed E-state index contributed by atoms with van der Waals surface area (Å²) in [6.07, 6.45) is 2.05. The molecule has 1 unspecified atom stereocenters. The minimum atomic E-state index is -3.68. The van der Waals surface area contributed by atoms with E-state index in [4.69, 9.17) is 5.11 Å². The van der Waals surface area contributed by atoms with E-state index in [9.17, 15) is 18.0 Å². The number of nitrogens with one attached hydrogen (secondary N) is 2. The lowest BCUT2D eigenvalue weighted by Crippen LogP contribution is -2.44. The van der Waals surface area contributed by atoms with Crippen LogP contribution in [0.3, 0.4) is 0 Å². The second kappa shape index (κ2) is 7.31. The quantitative estimate of drug-likeness (QED) is 0.650. The Bertz CT molecular complexity index is 726. The predicted octanol–water partition coefficient (Wildman–Crippen LogP) is 1.21. The molecule has 3 N–H and O–H groups in total. The molecule has 1 amide bonds. The van der Waals surface area contributed by atoms with Crippen molar-refractivity contribution in [2.45, 2.75) is 37.6 Å². The van der Waals surface area contributed by atoms with Gasteiger partial charge in [-0.2, -0.15) is 0 Å². The summed E-state index contributed by atoms with van der Waals surface area (Å²) in [6, 6.07) is 4.54. The first kappa shape index (κ1) is 18.4. The van der Waals surface area contributed by atoms with Gasteiger partial charge in [0.05, 0.1) is 4.90 Å². The van der Waals surface area contributed by atoms with E-state index in [0.29, 0.717) is 12.5 Å². The Kier molecular flexibility index (Phi) is 5.61. The van der Waals surface area contributed by atoms with E-state index in [0.717, 1.165) is 12.8 Å². The van der Waals surface area contributed by atoms with Gasteiger partial charge in [-0.25, -0.2) is 17.9 Å². The van der Waals surface area contributed by atoms with Crippen molar-refractivity contribution in [2.24, 2.45) is 11.8 Å². The van der Waals surface area contributed by atoms with Crippen molar-refractivity contribution in [1.29, 1.82) is 0 Å². The van der Waals surface area contributed by atoms with Crippen molar-refractivity contribution >= 4 is 21.9 Å². The van der Waals surface area contributed by atoms with E-state index in [1.807, 2.05) is 0 Å². The first-order valence-corrected chi connectivity index (χ1v) is 9.32. The third-order valence-corrected chi connectivity index (χ3v) is 5.31. The van der Waals surface area contributed by atoms with Crippen LogP contribution in [0.4, 0.5) is 0 Å². The summed E-state index contributed by atoms with van der Waals surface area (Å²) in [6.45, 7) is 3.76. The zero-order valence-electron chi connectivity index (χ0n) is 13.7. The normalized spacial score (nSPS) is 16.0. The van der Waals surface area contributed by atoms with Crippen LogP contribution in [-0.4, -0.2) is 38.0 Å². The fraction of sp³-hybridized carbons (Fsp3) is 0.500. The Labute approximate surface area is 141 Å². The molecular formula is C16H22N2O5S. The number of aliphatic carboxylic acids is 1. The molecule has 2 rings (SSSR count). The Hall–Kier alpha value is -1.93. The van der Waals surface area contributed by atoms with E-state index in [2.05, 4.69) is 10.0 Å². The Morgan fingerprint density at radius 1 is 1.29 bits per heavy atom. The fourth-order valence-electron chi connectivity index (χ4n) is 2.18. The molecule has 1 fully saturated rings. The smallest absolute Gasteiger partial charge is 0.326 e. The molecule has 1 aliphatic carbocycles. The van der Waals surface area contributed by atoms with Crippen molar-refractivity contribution in [3.63, 3.8) is 0 Å². The van der Waals surface area contributed by atoms with Crippen molar-refractivity contribution < 1.29 is 23.1 Å². The Morgan fingerprint density at radius 2 is 1.96 bits per heavy atom. The van der Waals surface area contributed by atoms with E-state index in [-0.39, 0.29) is 16.4 Å². The predicted molar refractivity (Wildman–Crippen MR) is 88.1 cm³/mol. The van der Waals surface area contributed by atoms with Crippen LogP contribution in [0, 0.1) is 11.8 Å². The summed E-state index contributed by atoms with van der Waals surface area (Å²) < 4.78 is 27.0. The van der Waals surface area contributed by atoms with E-state index >= 15 is 0 Å². The van der Waals surface area contributed by atoms with E-state index in [1.54, 1.807) is 13.8 Å². The third-order valence-electron chi connectivity index (χ3n) is 3.88. The molecular weight excluding hydrogens is 332 g/mol. The van der Waals surface area contributed by atoms with Crippen LogP contribution in [0.1, 0.15) is 37.0 Å². The minimum absolute atomic E-state index is 0.00720. The summed E-state index contributed by atoms with van der Waals surface area (Å²) in [5, 5.41) is 11.5. The third kappa shape index (κ3) is 4.78. The number of amides is 1. The number of benzene rings is 1. The number of hydrogen-bond acceptors (Lipinski definition) is 4. The summed E-state index contributed by atoms with van der Waals surface area (Å²) in [5.74, 6) is -1.64. The topological polar surface area (TPSA) is 113 Å². The van der Waals surface area contributed by atoms with Gasteiger partial charge >= 0.3 is 5.97 Å². The lowest BCUT2D eigenvalue weighted by Gasteiger charge is -2.18. The second-order valence-electron chi connectivity index (χ2n) is 6.36. The lowest BCUT2D eigenvalue weighted by molar-refractivity contribution is -0.140. The molecule has 0 radical (unpaired) electrons. The van der Waals surface area contributed by atoms with Gasteiger partial charge in [-0.05, 0) is 42.9 Å². The molecule has 24 heavy (non-hydrogen) atoms. The molecule has 1 saturated carbocycles. The number of carboxylic acid groups (broad SMARTS) is 1. The van der Waals surface area contributed by atoms with Gasteiger partial charge in [0.2, 0.25) is 10.0 Å². The maximum atomic E-state index is 12.2. The lowest BCUT2D eigenvalue weighted by atomic mass is 10.0. The number of hydrogen-bond donors (Lipinski definition) is 3. The number of carboxylic acids is 1. The number of carbonyl (C=O) groups is 2. The largest absolute Gasteiger partial charge is 0.480 e. The summed E-state index contributed by atoms with van der Waals surface area (Å²) >= 11 is 0. The fourth-order valence-corrected chi connectivity index (χ4v) is 3.34. The first-order valence-electron chi connectivity index (χ1n) is 7.84. The maximum absolute atomic E-state index is 12.2. The molecule has 1 aliphatic rings. The Morgan fingerprint density at radius 3 is 2.50 bits per heavy atom. The van der Waals surface area contributed by atoms with Crippen LogP contribution in [0.5, 0.6) is 0 Å². The molecule has 8 heteroatoms. The molecule has 0 heterocycles. The highest BCUT2D eigenvalue weighted by Crippen LogP contribution is 2.28. The van der Waals surface area contributed by atoms with Crippen molar-refractivity contribution in [2.75, 3.05) is 6.54 Å². The highest BCUT2D eigenvalue weighted by Gasteiger charge is 2.26. The Balaban J connectivity index is 2.13. The molecule has 1 aromatic carbocycles. The van der Waals surface area contributed by atoms with Crippen LogP contribution in [-0.2, 0) is 14.8 Å². The highest BCUT2D eigenvalue weighted by atomic mass is 32.2. The van der Waals surface area contributed by atoms with Crippen molar-refractivity contribution in [3.8, 4) is 0 Å². The van der Waals surface area contributed by atoms with Crippen LogP contribution in [0.15, 0.2) is 29.2 Å². The number of rotatable bonds is 8. The highest BCUT2D eigenvalue weighted by molar-refractivity contribution is 7.89. The van der Waals surface area contributed by atoms with Crippen LogP contribution >= 0.6 is 0 Å². The van der Waals surface area contributed by atoms with Crippen molar-refractivity contribution in [1.82, 2.24) is 10.0 Å². The van der Waals surface area contributed by atoms with E-state index < -0.39 is 27.9 Å². The molecule has 7 nitrogen and oxygen atoms in total. The monoisotopic (exact) mass is 354 g/mol. The molecule has 0 spiro atoms. The van der Waals surface area contributed by atoms with Gasteiger partial charge in [0, 0.05) is 12.1 Å². The second-order valence-corrected chi connectivity index (χ2v) is 8.12. The molecule has 0 bridgehead atoms. The summed E-state index contributed by atoms with van der Waals surface area (Å²) in [5.41, 5.74) is 0.108. The van der Waals surface area contributed by atoms with Crippen molar-refractivity contribution in [3.05, 3.63) is 29.8 Å². The molecule has 0 aromatic heterocycles. The van der Waals surface area contributed by atoms with Crippen LogP contribution in [0.25, 0.3) is 0 Å². The van der Waals surface area contributed by atoms with Gasteiger partial charge in [0.1, 0.15) is 6.04 Å². The van der Waals surface area contributed by atoms with Gasteiger partial charge in [-0.15, -0.1) is 0 Å². The first-order chi connectivity index (χ1) is 11.2. The van der Waals surface area contributed by atoms with Gasteiger partial charge < -0.3 is 10.4 Å². The van der Waals surface area contributed by atoms with Crippen LogP contribution < -0.4 is 10.0 Å². The summed E-state index contributed by atoms with van der Waals surface area (Å²) in [4.78, 5) is 23.4. The molecule has 132 valence electrons. The van der Waals surface area contributed by atoms with Crippen LogP contribution in [0.2, 0.25) is 0 Å². The number of sulfonamides is 1. The van der Waals surface area contributed by atoms with Gasteiger partial charge in [-0.1, -0.05) is 19.9 Å². The summed E-state index contributed by atoms with van der Waals surface area (Å²) in [7, 11) is -3.68. The standard InChI is InChI=1S/C16H22N2O5S/c1-10(2)14(16(20)21)18-15(19)12-4-3-5-13(8-12)24(22,23)17-9-11-6-7-11/h3-5,8,10-11,14,17H,6-7,9H2,1-2H3,(H,18,19)(H,20,21). The SMILES string of the molecule is CC(C)C(NC(=O)c1cccc(S(=O)(=O)NCC2CC2)c1)C(=O)O. The molecule has 0 aliphatic heterocycles. The zero-order chi connectivity index (χ0) is 17.9. The minimum Gasteiger partial charge on any atom is -0.480 e. The van der Waals surface area contributed by atoms with Gasteiger partial charge in [0.25, 0.3) is 5.91 Å². The number of carbonyl (C=O) groups excluding carboxylic acids is 1. The van der Waals surface area contributed by atoms with E-state index in [1.165, 1.54) is 24.3 Å². The van der Waals surface area contributed by atoms with Gasteiger partial charge in [0.15, 0.2) is 0 Å². The molecule has 0 saturated heterocycles. The molecule has 1 aromatic rings. The van der Waals surface area contributed by atoms with Gasteiger partial charge in [-0.3, -0.25) is 4.79 Å². The average molecular weight is 354 g/mol.